The molecule has 1 atom stereocenters. The highest BCUT2D eigenvalue weighted by Gasteiger charge is 2.47. The lowest BCUT2D eigenvalue weighted by atomic mass is 9.74. The van der Waals surface area contributed by atoms with Crippen molar-refractivity contribution in [2.75, 3.05) is 6.54 Å². The molecule has 0 aliphatic heterocycles. The van der Waals surface area contributed by atoms with Crippen LogP contribution in [0.2, 0.25) is 0 Å². The van der Waals surface area contributed by atoms with E-state index in [2.05, 4.69) is 33.0 Å². The zero-order valence-corrected chi connectivity index (χ0v) is 9.48. The summed E-state index contributed by atoms with van der Waals surface area (Å²) < 4.78 is 0. The molecule has 1 fully saturated rings. The Morgan fingerprint density at radius 1 is 1.31 bits per heavy atom. The minimum absolute atomic E-state index is 0.182. The molecule has 0 aromatic rings. The third-order valence-corrected chi connectivity index (χ3v) is 3.61. The Kier molecular flexibility index (Phi) is 3.03. The van der Waals surface area contributed by atoms with Gasteiger partial charge in [-0.15, -0.1) is 0 Å². The molecule has 0 radical (unpaired) electrons. The van der Waals surface area contributed by atoms with Crippen LogP contribution in [0.15, 0.2) is 0 Å². The van der Waals surface area contributed by atoms with Crippen LogP contribution in [0, 0.1) is 5.41 Å². The minimum atomic E-state index is 0.182. The summed E-state index contributed by atoms with van der Waals surface area (Å²) in [6, 6.07) is 0.529. The Hall–Kier alpha value is -0.0800. The number of hydrogen-bond donors (Lipinski definition) is 2. The Morgan fingerprint density at radius 3 is 2.23 bits per heavy atom. The first-order valence-electron chi connectivity index (χ1n) is 5.41. The van der Waals surface area contributed by atoms with Gasteiger partial charge in [0.1, 0.15) is 0 Å². The van der Waals surface area contributed by atoms with E-state index in [0.717, 1.165) is 6.54 Å². The second-order valence-corrected chi connectivity index (χ2v) is 5.32. The Balaban J connectivity index is 2.79. The second kappa shape index (κ2) is 3.58. The van der Waals surface area contributed by atoms with E-state index in [9.17, 15) is 0 Å². The fraction of sp³-hybridized carbons (Fsp3) is 1.00. The normalized spacial score (nSPS) is 32.8. The standard InChI is InChI=1S/C11H24N2/c1-9(2)13-11(8-12)7-5-6-10(11,3)4/h9,13H,5-8,12H2,1-4H3. The molecule has 0 saturated heterocycles. The average Bonchev–Trinajstić information content (AvgIpc) is 2.27. The van der Waals surface area contributed by atoms with E-state index in [4.69, 9.17) is 5.73 Å². The van der Waals surface area contributed by atoms with Crippen LogP contribution >= 0.6 is 0 Å². The number of rotatable bonds is 3. The third-order valence-electron chi connectivity index (χ3n) is 3.61. The fourth-order valence-electron chi connectivity index (χ4n) is 2.67. The van der Waals surface area contributed by atoms with Crippen molar-refractivity contribution >= 4 is 0 Å². The van der Waals surface area contributed by atoms with Gasteiger partial charge in [0.15, 0.2) is 0 Å². The van der Waals surface area contributed by atoms with Crippen molar-refractivity contribution in [1.82, 2.24) is 5.32 Å². The van der Waals surface area contributed by atoms with E-state index in [0.29, 0.717) is 11.5 Å². The molecule has 3 N–H and O–H groups in total. The van der Waals surface area contributed by atoms with E-state index >= 15 is 0 Å². The molecular formula is C11H24N2. The van der Waals surface area contributed by atoms with Crippen LogP contribution in [0.5, 0.6) is 0 Å². The molecule has 1 unspecified atom stereocenters. The summed E-state index contributed by atoms with van der Waals surface area (Å²) >= 11 is 0. The molecule has 2 nitrogen and oxygen atoms in total. The van der Waals surface area contributed by atoms with Crippen molar-refractivity contribution in [1.29, 1.82) is 0 Å². The molecule has 0 bridgehead atoms. The Morgan fingerprint density at radius 2 is 1.92 bits per heavy atom. The molecule has 0 aromatic heterocycles. The van der Waals surface area contributed by atoms with Crippen molar-refractivity contribution in [2.24, 2.45) is 11.1 Å². The van der Waals surface area contributed by atoms with Crippen molar-refractivity contribution in [3.8, 4) is 0 Å². The van der Waals surface area contributed by atoms with E-state index in [1.165, 1.54) is 19.3 Å². The van der Waals surface area contributed by atoms with Crippen LogP contribution < -0.4 is 11.1 Å². The smallest absolute Gasteiger partial charge is 0.0357 e. The van der Waals surface area contributed by atoms with Gasteiger partial charge < -0.3 is 11.1 Å². The van der Waals surface area contributed by atoms with Gasteiger partial charge in [0.2, 0.25) is 0 Å². The summed E-state index contributed by atoms with van der Waals surface area (Å²) in [6.07, 6.45) is 3.84. The zero-order valence-electron chi connectivity index (χ0n) is 9.48. The quantitative estimate of drug-likeness (QED) is 0.703. The number of hydrogen-bond acceptors (Lipinski definition) is 2. The van der Waals surface area contributed by atoms with E-state index in [-0.39, 0.29) is 5.54 Å². The molecule has 1 saturated carbocycles. The number of nitrogens with one attached hydrogen (secondary N) is 1. The largest absolute Gasteiger partial charge is 0.329 e. The van der Waals surface area contributed by atoms with E-state index in [1.807, 2.05) is 0 Å². The van der Waals surface area contributed by atoms with E-state index < -0.39 is 0 Å². The molecule has 13 heavy (non-hydrogen) atoms. The lowest BCUT2D eigenvalue weighted by molar-refractivity contribution is 0.152. The topological polar surface area (TPSA) is 38.0 Å². The van der Waals surface area contributed by atoms with Crippen molar-refractivity contribution in [2.45, 2.75) is 58.5 Å². The number of nitrogens with two attached hydrogens (primary N) is 1. The molecular weight excluding hydrogens is 160 g/mol. The first kappa shape index (κ1) is 11.0. The highest BCUT2D eigenvalue weighted by molar-refractivity contribution is 5.06. The van der Waals surface area contributed by atoms with Gasteiger partial charge in [-0.2, -0.15) is 0 Å². The molecule has 1 aliphatic carbocycles. The van der Waals surface area contributed by atoms with Crippen molar-refractivity contribution in [3.63, 3.8) is 0 Å². The van der Waals surface area contributed by atoms with Gasteiger partial charge in [-0.1, -0.05) is 34.1 Å². The molecule has 1 aliphatic rings. The first-order valence-corrected chi connectivity index (χ1v) is 5.41. The average molecular weight is 184 g/mol. The predicted molar refractivity (Wildman–Crippen MR) is 57.7 cm³/mol. The molecule has 0 aromatic carbocycles. The second-order valence-electron chi connectivity index (χ2n) is 5.32. The highest BCUT2D eigenvalue weighted by Crippen LogP contribution is 2.45. The van der Waals surface area contributed by atoms with Gasteiger partial charge >= 0.3 is 0 Å². The highest BCUT2D eigenvalue weighted by atomic mass is 15.0. The lowest BCUT2D eigenvalue weighted by Gasteiger charge is -2.43. The lowest BCUT2D eigenvalue weighted by Crippen LogP contribution is -2.59. The maximum absolute atomic E-state index is 5.93. The zero-order chi connectivity index (χ0) is 10.1. The Bertz CT molecular complexity index is 175. The fourth-order valence-corrected chi connectivity index (χ4v) is 2.67. The summed E-state index contributed by atoms with van der Waals surface area (Å²) in [5.41, 5.74) is 6.47. The first-order chi connectivity index (χ1) is 5.93. The molecule has 2 heteroatoms. The van der Waals surface area contributed by atoms with Crippen LogP contribution in [0.1, 0.15) is 47.0 Å². The summed E-state index contributed by atoms with van der Waals surface area (Å²) in [5, 5.41) is 3.67. The maximum Gasteiger partial charge on any atom is 0.0357 e. The van der Waals surface area contributed by atoms with Gasteiger partial charge in [0, 0.05) is 18.1 Å². The molecule has 0 heterocycles. The van der Waals surface area contributed by atoms with Crippen molar-refractivity contribution in [3.05, 3.63) is 0 Å². The van der Waals surface area contributed by atoms with E-state index in [1.54, 1.807) is 0 Å². The van der Waals surface area contributed by atoms with Crippen molar-refractivity contribution < 1.29 is 0 Å². The van der Waals surface area contributed by atoms with Crippen LogP contribution in [-0.4, -0.2) is 18.1 Å². The van der Waals surface area contributed by atoms with Crippen LogP contribution in [0.4, 0.5) is 0 Å². The van der Waals surface area contributed by atoms with Gasteiger partial charge in [-0.05, 0) is 18.3 Å². The third kappa shape index (κ3) is 1.89. The maximum atomic E-state index is 5.93. The monoisotopic (exact) mass is 184 g/mol. The predicted octanol–water partition coefficient (Wildman–Crippen LogP) is 1.89. The van der Waals surface area contributed by atoms with Crippen LogP contribution in [0.25, 0.3) is 0 Å². The van der Waals surface area contributed by atoms with Gasteiger partial charge in [-0.3, -0.25) is 0 Å². The van der Waals surface area contributed by atoms with Gasteiger partial charge in [-0.25, -0.2) is 0 Å². The molecule has 78 valence electrons. The molecule has 0 spiro atoms. The van der Waals surface area contributed by atoms with Crippen LogP contribution in [0.3, 0.4) is 0 Å². The molecule has 1 rings (SSSR count). The Labute approximate surface area is 82.3 Å². The van der Waals surface area contributed by atoms with Gasteiger partial charge in [0.25, 0.3) is 0 Å². The van der Waals surface area contributed by atoms with Gasteiger partial charge in [0.05, 0.1) is 0 Å². The summed E-state index contributed by atoms with van der Waals surface area (Å²) in [6.45, 7) is 9.83. The SMILES string of the molecule is CC(C)NC1(CN)CCCC1(C)C. The minimum Gasteiger partial charge on any atom is -0.329 e. The molecule has 0 amide bonds. The summed E-state index contributed by atoms with van der Waals surface area (Å²) in [4.78, 5) is 0. The summed E-state index contributed by atoms with van der Waals surface area (Å²) in [5.74, 6) is 0. The van der Waals surface area contributed by atoms with Crippen LogP contribution in [-0.2, 0) is 0 Å². The summed E-state index contributed by atoms with van der Waals surface area (Å²) in [7, 11) is 0.